The summed E-state index contributed by atoms with van der Waals surface area (Å²) >= 11 is 0. The average Bonchev–Trinajstić information content (AvgIpc) is 3.13. The van der Waals surface area contributed by atoms with Gasteiger partial charge in [0.05, 0.1) is 12.2 Å². The molecule has 0 unspecified atom stereocenters. The Kier molecular flexibility index (Phi) is 5.33. The quantitative estimate of drug-likeness (QED) is 0.896. The van der Waals surface area contributed by atoms with E-state index < -0.39 is 0 Å². The number of pyridine rings is 1. The van der Waals surface area contributed by atoms with Crippen LogP contribution in [0.5, 0.6) is 0 Å². The molecule has 3 rings (SSSR count). The van der Waals surface area contributed by atoms with Crippen LogP contribution in [0.15, 0.2) is 36.8 Å². The minimum Gasteiger partial charge on any atom is -0.372 e. The molecule has 1 aliphatic rings. The number of rotatable bonds is 5. The third kappa shape index (κ3) is 4.36. The molecule has 0 bridgehead atoms. The number of ether oxygens (including phenoxy) is 1. The van der Waals surface area contributed by atoms with Crippen LogP contribution in [0.1, 0.15) is 32.4 Å². The van der Waals surface area contributed by atoms with Crippen molar-refractivity contribution in [1.29, 1.82) is 0 Å². The van der Waals surface area contributed by atoms with Crippen molar-refractivity contribution in [1.82, 2.24) is 20.1 Å². The number of aromatic nitrogens is 3. The molecule has 2 aromatic heterocycles. The minimum atomic E-state index is -0.335. The molecule has 0 saturated carbocycles. The lowest BCUT2D eigenvalue weighted by molar-refractivity contribution is -0.124. The van der Waals surface area contributed by atoms with Gasteiger partial charge in [0, 0.05) is 38.2 Å². The van der Waals surface area contributed by atoms with Gasteiger partial charge in [-0.05, 0) is 38.5 Å². The molecule has 1 saturated heterocycles. The van der Waals surface area contributed by atoms with E-state index in [1.54, 1.807) is 23.1 Å². The fourth-order valence-electron chi connectivity index (χ4n) is 3.04. The number of carbonyl (C=O) groups is 1. The summed E-state index contributed by atoms with van der Waals surface area (Å²) in [5, 5.41) is 7.02. The van der Waals surface area contributed by atoms with Gasteiger partial charge >= 0.3 is 0 Å². The molecule has 1 aliphatic heterocycles. The van der Waals surface area contributed by atoms with Gasteiger partial charge in [0.25, 0.3) is 0 Å². The van der Waals surface area contributed by atoms with Crippen LogP contribution in [0.2, 0.25) is 0 Å². The van der Waals surface area contributed by atoms with Crippen molar-refractivity contribution in [3.63, 3.8) is 0 Å². The van der Waals surface area contributed by atoms with Crippen LogP contribution in [0.25, 0.3) is 0 Å². The van der Waals surface area contributed by atoms with Gasteiger partial charge in [0.2, 0.25) is 5.91 Å². The van der Waals surface area contributed by atoms with Crippen LogP contribution in [0.4, 0.5) is 5.82 Å². The highest BCUT2D eigenvalue weighted by atomic mass is 16.5. The van der Waals surface area contributed by atoms with Crippen LogP contribution in [-0.4, -0.2) is 46.0 Å². The van der Waals surface area contributed by atoms with Crippen molar-refractivity contribution in [2.45, 2.75) is 45.6 Å². The van der Waals surface area contributed by atoms with Crippen molar-refractivity contribution in [3.05, 3.63) is 42.4 Å². The molecule has 0 aromatic carbocycles. The van der Waals surface area contributed by atoms with Crippen LogP contribution in [0.3, 0.4) is 0 Å². The third-order valence-corrected chi connectivity index (χ3v) is 4.32. The summed E-state index contributed by atoms with van der Waals surface area (Å²) in [5.41, 5.74) is 0.971. The Morgan fingerprint density at radius 1 is 1.36 bits per heavy atom. The van der Waals surface area contributed by atoms with Crippen LogP contribution < -0.4 is 10.2 Å². The number of nitrogens with zero attached hydrogens (tertiary/aromatic N) is 4. The molecule has 1 N–H and O–H groups in total. The fourth-order valence-corrected chi connectivity index (χ4v) is 3.04. The number of amides is 1. The lowest BCUT2D eigenvalue weighted by atomic mass is 10.2. The van der Waals surface area contributed by atoms with Crippen molar-refractivity contribution < 1.29 is 9.53 Å². The van der Waals surface area contributed by atoms with Gasteiger partial charge in [-0.2, -0.15) is 5.10 Å². The zero-order valence-electron chi connectivity index (χ0n) is 14.9. The molecule has 3 heterocycles. The highest BCUT2D eigenvalue weighted by molar-refractivity contribution is 5.79. The molecule has 0 radical (unpaired) electrons. The summed E-state index contributed by atoms with van der Waals surface area (Å²) in [6.07, 6.45) is 5.67. The standard InChI is InChI=1S/C18H25N5O2/c1-13-11-22(12-14(2)25-13)17-6-5-16(9-19-17)10-20-18(24)15(3)23-8-4-7-21-23/h4-9,13-15H,10-12H2,1-3H3,(H,20,24)/t13-,14+,15-/m1/s1. The number of morpholine rings is 1. The van der Waals surface area contributed by atoms with E-state index in [4.69, 9.17) is 4.74 Å². The first-order valence-corrected chi connectivity index (χ1v) is 8.65. The Labute approximate surface area is 148 Å². The average molecular weight is 343 g/mol. The second kappa shape index (κ2) is 7.65. The molecule has 0 aliphatic carbocycles. The smallest absolute Gasteiger partial charge is 0.244 e. The third-order valence-electron chi connectivity index (χ3n) is 4.32. The predicted molar refractivity (Wildman–Crippen MR) is 95.2 cm³/mol. The Bertz CT molecular complexity index is 676. The van der Waals surface area contributed by atoms with E-state index in [-0.39, 0.29) is 24.2 Å². The van der Waals surface area contributed by atoms with E-state index in [9.17, 15) is 4.79 Å². The number of hydrogen-bond donors (Lipinski definition) is 1. The molecule has 134 valence electrons. The van der Waals surface area contributed by atoms with E-state index in [0.717, 1.165) is 24.5 Å². The topological polar surface area (TPSA) is 72.3 Å². The molecule has 1 fully saturated rings. The van der Waals surface area contributed by atoms with Gasteiger partial charge in [-0.1, -0.05) is 6.07 Å². The maximum atomic E-state index is 12.2. The zero-order valence-corrected chi connectivity index (χ0v) is 14.9. The van der Waals surface area contributed by atoms with Gasteiger partial charge in [0.1, 0.15) is 11.9 Å². The van der Waals surface area contributed by atoms with Gasteiger partial charge in [-0.25, -0.2) is 4.98 Å². The summed E-state index contributed by atoms with van der Waals surface area (Å²) in [5.74, 6) is 0.880. The monoisotopic (exact) mass is 343 g/mol. The lowest BCUT2D eigenvalue weighted by Crippen LogP contribution is -2.45. The maximum Gasteiger partial charge on any atom is 0.244 e. The number of carbonyl (C=O) groups excluding carboxylic acids is 1. The summed E-state index contributed by atoms with van der Waals surface area (Å²) in [7, 11) is 0. The van der Waals surface area contributed by atoms with Gasteiger partial charge in [-0.15, -0.1) is 0 Å². The maximum absolute atomic E-state index is 12.2. The van der Waals surface area contributed by atoms with Gasteiger partial charge in [-0.3, -0.25) is 9.48 Å². The highest BCUT2D eigenvalue weighted by Crippen LogP contribution is 2.18. The molecule has 7 heteroatoms. The molecule has 0 spiro atoms. The van der Waals surface area contributed by atoms with Crippen molar-refractivity contribution in [2.24, 2.45) is 0 Å². The SMILES string of the molecule is C[C@@H]1CN(c2ccc(CNC(=O)[C@@H](C)n3cccn3)cn2)C[C@H](C)O1. The largest absolute Gasteiger partial charge is 0.372 e. The lowest BCUT2D eigenvalue weighted by Gasteiger charge is -2.36. The first kappa shape index (κ1) is 17.4. The molecule has 3 atom stereocenters. The van der Waals surface area contributed by atoms with Crippen LogP contribution in [-0.2, 0) is 16.1 Å². The highest BCUT2D eigenvalue weighted by Gasteiger charge is 2.23. The van der Waals surface area contributed by atoms with Crippen LogP contribution in [0, 0.1) is 0 Å². The Hall–Kier alpha value is -2.41. The summed E-state index contributed by atoms with van der Waals surface area (Å²) < 4.78 is 7.39. The molecule has 25 heavy (non-hydrogen) atoms. The van der Waals surface area contributed by atoms with Crippen molar-refractivity contribution in [3.8, 4) is 0 Å². The van der Waals surface area contributed by atoms with E-state index in [1.165, 1.54) is 0 Å². The second-order valence-electron chi connectivity index (χ2n) is 6.57. The van der Waals surface area contributed by atoms with Crippen molar-refractivity contribution in [2.75, 3.05) is 18.0 Å². The Morgan fingerprint density at radius 3 is 2.72 bits per heavy atom. The predicted octanol–water partition coefficient (Wildman–Crippen LogP) is 1.77. The van der Waals surface area contributed by atoms with E-state index in [2.05, 4.69) is 34.1 Å². The Morgan fingerprint density at radius 2 is 2.12 bits per heavy atom. The number of hydrogen-bond acceptors (Lipinski definition) is 5. The van der Waals surface area contributed by atoms with Crippen LogP contribution >= 0.6 is 0 Å². The van der Waals surface area contributed by atoms with E-state index >= 15 is 0 Å². The van der Waals surface area contributed by atoms with Gasteiger partial charge in [0.15, 0.2) is 0 Å². The van der Waals surface area contributed by atoms with Crippen molar-refractivity contribution >= 4 is 11.7 Å². The second-order valence-corrected chi connectivity index (χ2v) is 6.57. The zero-order chi connectivity index (χ0) is 17.8. The van der Waals surface area contributed by atoms with E-state index in [0.29, 0.717) is 6.54 Å². The molecule has 1 amide bonds. The summed E-state index contributed by atoms with van der Waals surface area (Å²) in [6, 6.07) is 5.48. The first-order chi connectivity index (χ1) is 12.0. The number of anilines is 1. The summed E-state index contributed by atoms with van der Waals surface area (Å²) in [4.78, 5) is 19.0. The Balaban J connectivity index is 1.55. The number of nitrogens with one attached hydrogen (secondary N) is 1. The molecule has 7 nitrogen and oxygen atoms in total. The van der Waals surface area contributed by atoms with E-state index in [1.807, 2.05) is 25.3 Å². The molecule has 2 aromatic rings. The molecular formula is C18H25N5O2. The van der Waals surface area contributed by atoms with Gasteiger partial charge < -0.3 is 15.0 Å². The normalized spacial score (nSPS) is 21.8. The summed E-state index contributed by atoms with van der Waals surface area (Å²) in [6.45, 7) is 8.11. The first-order valence-electron chi connectivity index (χ1n) is 8.65. The fraction of sp³-hybridized carbons (Fsp3) is 0.500. The molecular weight excluding hydrogens is 318 g/mol. The minimum absolute atomic E-state index is 0.0661.